The maximum absolute atomic E-state index is 12.1. The summed E-state index contributed by atoms with van der Waals surface area (Å²) in [5.74, 6) is 0.173. The Bertz CT molecular complexity index is 473. The fourth-order valence-electron chi connectivity index (χ4n) is 2.30. The van der Waals surface area contributed by atoms with Crippen molar-refractivity contribution in [2.75, 3.05) is 13.1 Å². The number of carbonyl (C=O) groups is 1. The van der Waals surface area contributed by atoms with Crippen LogP contribution in [0.15, 0.2) is 5.38 Å². The van der Waals surface area contributed by atoms with Gasteiger partial charge in [-0.3, -0.25) is 4.79 Å². The number of hydrogen-bond donors (Lipinski definition) is 1. The highest BCUT2D eigenvalue weighted by Crippen LogP contribution is 2.16. The van der Waals surface area contributed by atoms with Crippen molar-refractivity contribution in [1.29, 1.82) is 0 Å². The molecular weight excluding hydrogens is 280 g/mol. The van der Waals surface area contributed by atoms with Crippen molar-refractivity contribution < 1.29 is 9.53 Å². The summed E-state index contributed by atoms with van der Waals surface area (Å²) >= 11 is 6.49. The van der Waals surface area contributed by atoms with Crippen LogP contribution in [0.5, 0.6) is 0 Å². The molecule has 2 rings (SSSR count). The van der Waals surface area contributed by atoms with E-state index in [1.165, 1.54) is 11.3 Å². The molecule has 1 aromatic rings. The Hall–Kier alpha value is -0.720. The van der Waals surface area contributed by atoms with Gasteiger partial charge in [-0.15, -0.1) is 11.3 Å². The Balaban J connectivity index is 1.81. The van der Waals surface area contributed by atoms with Crippen LogP contribution in [0.25, 0.3) is 0 Å². The molecule has 19 heavy (non-hydrogen) atoms. The molecule has 0 radical (unpaired) electrons. The fourth-order valence-corrected chi connectivity index (χ4v) is 3.16. The maximum Gasteiger partial charge on any atom is 0.228 e. The zero-order chi connectivity index (χ0) is 13.8. The molecule has 0 saturated carbocycles. The zero-order valence-electron chi connectivity index (χ0n) is 11.3. The van der Waals surface area contributed by atoms with E-state index in [1.807, 2.05) is 10.3 Å². The quantitative estimate of drug-likeness (QED) is 0.870. The molecule has 4 nitrogen and oxygen atoms in total. The topological polar surface area (TPSA) is 45.3 Å². The highest BCUT2D eigenvalue weighted by Gasteiger charge is 2.23. The van der Waals surface area contributed by atoms with Gasteiger partial charge in [-0.1, -0.05) is 0 Å². The van der Waals surface area contributed by atoms with E-state index in [0.717, 1.165) is 35.6 Å². The lowest BCUT2D eigenvalue weighted by molar-refractivity contribution is -0.133. The second-order valence-electron chi connectivity index (χ2n) is 5.12. The first-order valence-corrected chi connectivity index (χ1v) is 7.93. The monoisotopic (exact) mass is 300 g/mol. The van der Waals surface area contributed by atoms with Crippen LogP contribution in [0, 0.1) is 3.95 Å². The number of aromatic nitrogens is 1. The molecule has 0 aromatic carbocycles. The molecule has 1 saturated heterocycles. The van der Waals surface area contributed by atoms with Crippen LogP contribution in [0.1, 0.15) is 32.4 Å². The molecule has 0 bridgehead atoms. The summed E-state index contributed by atoms with van der Waals surface area (Å²) < 4.78 is 6.51. The van der Waals surface area contributed by atoms with Crippen LogP contribution >= 0.6 is 23.6 Å². The maximum atomic E-state index is 12.1. The van der Waals surface area contributed by atoms with E-state index in [-0.39, 0.29) is 12.0 Å². The van der Waals surface area contributed by atoms with Crippen LogP contribution in [0.4, 0.5) is 0 Å². The van der Waals surface area contributed by atoms with E-state index < -0.39 is 0 Å². The molecule has 1 N–H and O–H groups in total. The summed E-state index contributed by atoms with van der Waals surface area (Å²) in [5.41, 5.74) is 0.917. The number of nitrogens with one attached hydrogen (secondary N) is 1. The third-order valence-corrected chi connectivity index (χ3v) is 4.28. The van der Waals surface area contributed by atoms with Gasteiger partial charge in [0, 0.05) is 24.2 Å². The second-order valence-corrected chi connectivity index (χ2v) is 6.66. The van der Waals surface area contributed by atoms with Crippen molar-refractivity contribution in [3.8, 4) is 0 Å². The Morgan fingerprint density at radius 1 is 1.58 bits per heavy atom. The normalized spacial score (nSPS) is 17.1. The number of hydrogen-bond acceptors (Lipinski definition) is 4. The van der Waals surface area contributed by atoms with Crippen LogP contribution < -0.4 is 0 Å². The summed E-state index contributed by atoms with van der Waals surface area (Å²) in [6.45, 7) is 5.69. The highest BCUT2D eigenvalue weighted by atomic mass is 32.1. The summed E-state index contributed by atoms with van der Waals surface area (Å²) in [6, 6.07) is 0. The molecule has 2 heterocycles. The van der Waals surface area contributed by atoms with Crippen LogP contribution in [-0.4, -0.2) is 41.1 Å². The van der Waals surface area contributed by atoms with E-state index in [9.17, 15) is 4.79 Å². The minimum Gasteiger partial charge on any atom is -0.375 e. The van der Waals surface area contributed by atoms with Crippen molar-refractivity contribution in [1.82, 2.24) is 9.88 Å². The summed E-state index contributed by atoms with van der Waals surface area (Å²) in [5, 5.41) is 1.93. The van der Waals surface area contributed by atoms with Gasteiger partial charge < -0.3 is 14.6 Å². The molecule has 0 unspecified atom stereocenters. The molecule has 1 aromatic heterocycles. The third kappa shape index (κ3) is 4.40. The molecular formula is C13H20N2O2S2. The number of likely N-dealkylation sites (tertiary alicyclic amines) is 1. The van der Waals surface area contributed by atoms with Gasteiger partial charge >= 0.3 is 0 Å². The van der Waals surface area contributed by atoms with Gasteiger partial charge in [-0.05, 0) is 38.9 Å². The fraction of sp³-hybridized carbons (Fsp3) is 0.692. The molecule has 1 aliphatic rings. The van der Waals surface area contributed by atoms with E-state index in [0.29, 0.717) is 12.5 Å². The van der Waals surface area contributed by atoms with Gasteiger partial charge in [-0.25, -0.2) is 0 Å². The third-order valence-electron chi connectivity index (χ3n) is 3.17. The number of aromatic amines is 1. The van der Waals surface area contributed by atoms with Gasteiger partial charge in [0.05, 0.1) is 18.6 Å². The number of carbonyl (C=O) groups excluding carboxylic acids is 1. The lowest BCUT2D eigenvalue weighted by Gasteiger charge is -2.32. The number of H-pyrrole nitrogens is 1. The SMILES string of the molecule is CC(C)OC1CCN(C(=O)Cc2csc(=S)[nH]2)CC1. The van der Waals surface area contributed by atoms with E-state index in [1.54, 1.807) is 0 Å². The molecule has 0 aliphatic carbocycles. The molecule has 1 fully saturated rings. The zero-order valence-corrected chi connectivity index (χ0v) is 13.0. The Labute approximate surface area is 122 Å². The average Bonchev–Trinajstić information content (AvgIpc) is 2.75. The van der Waals surface area contributed by atoms with Crippen LogP contribution in [0.3, 0.4) is 0 Å². The Morgan fingerprint density at radius 2 is 2.26 bits per heavy atom. The lowest BCUT2D eigenvalue weighted by atomic mass is 10.1. The first kappa shape index (κ1) is 14.7. The number of piperidine rings is 1. The van der Waals surface area contributed by atoms with Crippen LogP contribution in [-0.2, 0) is 16.0 Å². The highest BCUT2D eigenvalue weighted by molar-refractivity contribution is 7.73. The van der Waals surface area contributed by atoms with E-state index in [2.05, 4.69) is 18.8 Å². The van der Waals surface area contributed by atoms with Crippen molar-refractivity contribution >= 4 is 29.5 Å². The Kier molecular flexibility index (Phi) is 5.13. The van der Waals surface area contributed by atoms with Crippen molar-refractivity contribution in [3.05, 3.63) is 15.0 Å². The molecule has 0 spiro atoms. The van der Waals surface area contributed by atoms with E-state index in [4.69, 9.17) is 17.0 Å². The van der Waals surface area contributed by atoms with Crippen molar-refractivity contribution in [2.24, 2.45) is 0 Å². The van der Waals surface area contributed by atoms with Crippen LogP contribution in [0.2, 0.25) is 0 Å². The van der Waals surface area contributed by atoms with Crippen molar-refractivity contribution in [3.63, 3.8) is 0 Å². The number of ether oxygens (including phenoxy) is 1. The van der Waals surface area contributed by atoms with Gasteiger partial charge in [0.25, 0.3) is 0 Å². The summed E-state index contributed by atoms with van der Waals surface area (Å²) in [6.07, 6.45) is 2.85. The number of rotatable bonds is 4. The standard InChI is InChI=1S/C13H20N2O2S2/c1-9(2)17-11-3-5-15(6-4-11)12(16)7-10-8-19-13(18)14-10/h8-9,11H,3-7H2,1-2H3,(H,14,18). The second kappa shape index (κ2) is 6.63. The smallest absolute Gasteiger partial charge is 0.228 e. The number of thiazole rings is 1. The first-order chi connectivity index (χ1) is 9.04. The van der Waals surface area contributed by atoms with Crippen molar-refractivity contribution in [2.45, 2.75) is 45.3 Å². The van der Waals surface area contributed by atoms with Gasteiger partial charge in [0.15, 0.2) is 3.95 Å². The minimum absolute atomic E-state index is 0.173. The molecule has 1 aliphatic heterocycles. The summed E-state index contributed by atoms with van der Waals surface area (Å²) in [4.78, 5) is 17.1. The predicted molar refractivity (Wildman–Crippen MR) is 79.0 cm³/mol. The molecule has 0 atom stereocenters. The Morgan fingerprint density at radius 3 is 2.79 bits per heavy atom. The van der Waals surface area contributed by atoms with Gasteiger partial charge in [-0.2, -0.15) is 0 Å². The average molecular weight is 300 g/mol. The first-order valence-electron chi connectivity index (χ1n) is 6.64. The number of amides is 1. The lowest BCUT2D eigenvalue weighted by Crippen LogP contribution is -2.42. The minimum atomic E-state index is 0.173. The van der Waals surface area contributed by atoms with Gasteiger partial charge in [0.2, 0.25) is 5.91 Å². The largest absolute Gasteiger partial charge is 0.375 e. The summed E-state index contributed by atoms with van der Waals surface area (Å²) in [7, 11) is 0. The number of nitrogens with zero attached hydrogens (tertiary/aromatic N) is 1. The van der Waals surface area contributed by atoms with Gasteiger partial charge in [0.1, 0.15) is 0 Å². The predicted octanol–water partition coefficient (Wildman–Crippen LogP) is 2.76. The molecule has 6 heteroatoms. The van der Waals surface area contributed by atoms with E-state index >= 15 is 0 Å². The molecule has 106 valence electrons. The molecule has 1 amide bonds.